The number of benzene rings is 3. The van der Waals surface area contributed by atoms with Gasteiger partial charge in [-0.1, -0.05) is 24.3 Å². The number of carbonyl (C=O) groups excluding carboxylic acids is 2. The minimum absolute atomic E-state index is 0.0719. The van der Waals surface area contributed by atoms with Crippen LogP contribution in [0, 0.1) is 0 Å². The summed E-state index contributed by atoms with van der Waals surface area (Å²) in [4.78, 5) is 30.2. The van der Waals surface area contributed by atoms with Gasteiger partial charge in [0.1, 0.15) is 43.5 Å². The molecule has 0 spiro atoms. The highest BCUT2D eigenvalue weighted by molar-refractivity contribution is 7.91. The largest absolute Gasteiger partial charge is 0.491 e. The van der Waals surface area contributed by atoms with Crippen LogP contribution >= 0.6 is 11.3 Å². The average molecular weight is 740 g/mol. The third kappa shape index (κ3) is 10.8. The first kappa shape index (κ1) is 37.9. The fourth-order valence-electron chi connectivity index (χ4n) is 4.53. The van der Waals surface area contributed by atoms with E-state index in [9.17, 15) is 35.6 Å². The average Bonchev–Trinajstić information content (AvgIpc) is 3.52. The highest BCUT2D eigenvalue weighted by Gasteiger charge is 2.31. The van der Waals surface area contributed by atoms with E-state index in [0.717, 1.165) is 30.6 Å². The number of esters is 1. The molecule has 50 heavy (non-hydrogen) atoms. The summed E-state index contributed by atoms with van der Waals surface area (Å²) in [6.07, 6.45) is -3.28. The number of nitrogens with two attached hydrogens (primary N) is 2. The van der Waals surface area contributed by atoms with Crippen molar-refractivity contribution in [3.8, 4) is 11.5 Å². The van der Waals surface area contributed by atoms with E-state index in [0.29, 0.717) is 32.8 Å². The highest BCUT2D eigenvalue weighted by atomic mass is 32.2. The van der Waals surface area contributed by atoms with Gasteiger partial charge >= 0.3 is 12.1 Å². The van der Waals surface area contributed by atoms with Crippen LogP contribution in [-0.2, 0) is 43.4 Å². The van der Waals surface area contributed by atoms with Crippen LogP contribution in [0.3, 0.4) is 0 Å². The summed E-state index contributed by atoms with van der Waals surface area (Å²) in [7, 11) is -2.86. The number of ether oxygens (including phenoxy) is 3. The van der Waals surface area contributed by atoms with E-state index in [-0.39, 0.29) is 36.1 Å². The number of aromatic nitrogens is 1. The number of hydrogen-bond donors (Lipinski definition) is 4. The second-order valence-corrected chi connectivity index (χ2v) is 13.5. The smallest absolute Gasteiger partial charge is 0.416 e. The molecule has 0 aliphatic heterocycles. The lowest BCUT2D eigenvalue weighted by atomic mass is 10.0. The van der Waals surface area contributed by atoms with Gasteiger partial charge in [-0.15, -0.1) is 11.3 Å². The molecule has 268 valence electrons. The molecule has 0 bridgehead atoms. The van der Waals surface area contributed by atoms with Crippen LogP contribution < -0.4 is 31.0 Å². The molecule has 18 heteroatoms. The summed E-state index contributed by atoms with van der Waals surface area (Å²) in [6, 6.07) is 13.1. The molecular formula is C32H33F4N5O7S2. The number of alkyl halides is 4. The minimum Gasteiger partial charge on any atom is -0.491 e. The van der Waals surface area contributed by atoms with Crippen LogP contribution in [0.4, 0.5) is 17.6 Å². The number of nitrogens with one attached hydrogen (secondary N) is 2. The van der Waals surface area contributed by atoms with E-state index in [1.807, 2.05) is 0 Å². The monoisotopic (exact) mass is 739 g/mol. The Balaban J connectivity index is 1.49. The third-order valence-electron chi connectivity index (χ3n) is 7.01. The Labute approximate surface area is 288 Å². The van der Waals surface area contributed by atoms with Gasteiger partial charge in [0, 0.05) is 19.0 Å². The maximum absolute atomic E-state index is 13.6. The van der Waals surface area contributed by atoms with Gasteiger partial charge in [0.25, 0.3) is 10.0 Å². The van der Waals surface area contributed by atoms with E-state index in [4.69, 9.17) is 25.1 Å². The quantitative estimate of drug-likeness (QED) is 0.0979. The topological polar surface area (TPSA) is 185 Å². The Bertz CT molecular complexity index is 1920. The van der Waals surface area contributed by atoms with Crippen molar-refractivity contribution in [2.45, 2.75) is 35.4 Å². The van der Waals surface area contributed by atoms with E-state index >= 15 is 0 Å². The number of thiazole rings is 1. The number of rotatable bonds is 16. The van der Waals surface area contributed by atoms with Gasteiger partial charge in [-0.05, 0) is 53.6 Å². The van der Waals surface area contributed by atoms with E-state index < -0.39 is 52.4 Å². The molecule has 1 amide bonds. The van der Waals surface area contributed by atoms with Gasteiger partial charge in [-0.2, -0.15) is 13.2 Å². The van der Waals surface area contributed by atoms with Crippen LogP contribution in [-0.4, -0.2) is 64.4 Å². The summed E-state index contributed by atoms with van der Waals surface area (Å²) in [5.74, 6) is -0.700. The molecular weight excluding hydrogens is 707 g/mol. The third-order valence-corrected chi connectivity index (χ3v) is 9.35. The Morgan fingerprint density at radius 3 is 2.18 bits per heavy atom. The maximum Gasteiger partial charge on any atom is 0.416 e. The zero-order valence-corrected chi connectivity index (χ0v) is 28.0. The van der Waals surface area contributed by atoms with Crippen LogP contribution in [0.5, 0.6) is 11.5 Å². The van der Waals surface area contributed by atoms with Crippen LogP contribution in [0.25, 0.3) is 10.2 Å². The molecule has 2 unspecified atom stereocenters. The first-order valence-corrected chi connectivity index (χ1v) is 17.1. The Hall–Kier alpha value is -4.94. The fourth-order valence-corrected chi connectivity index (χ4v) is 6.21. The Morgan fingerprint density at radius 2 is 1.58 bits per heavy atom. The van der Waals surface area contributed by atoms with Gasteiger partial charge in [0.05, 0.1) is 28.6 Å². The number of halogens is 4. The van der Waals surface area contributed by atoms with E-state index in [1.54, 1.807) is 42.5 Å². The van der Waals surface area contributed by atoms with Crippen molar-refractivity contribution in [2.75, 3.05) is 27.0 Å². The maximum atomic E-state index is 13.6. The zero-order valence-electron chi connectivity index (χ0n) is 26.4. The van der Waals surface area contributed by atoms with Gasteiger partial charge < -0.3 is 30.6 Å². The molecule has 3 aromatic carbocycles. The van der Waals surface area contributed by atoms with Gasteiger partial charge in [0.2, 0.25) is 10.2 Å². The number of sulfonamides is 1. The van der Waals surface area contributed by atoms with Crippen molar-refractivity contribution in [1.82, 2.24) is 15.6 Å². The minimum atomic E-state index is -4.54. The zero-order chi connectivity index (χ0) is 36.5. The van der Waals surface area contributed by atoms with Gasteiger partial charge in [-0.25, -0.2) is 27.7 Å². The molecule has 0 aliphatic rings. The molecule has 0 saturated heterocycles. The Morgan fingerprint density at radius 1 is 0.960 bits per heavy atom. The second kappa shape index (κ2) is 16.6. The Kier molecular flexibility index (Phi) is 12.6. The molecule has 1 aromatic heterocycles. The molecule has 6 N–H and O–H groups in total. The summed E-state index contributed by atoms with van der Waals surface area (Å²) in [5, 5.41) is 10.7. The highest BCUT2D eigenvalue weighted by Crippen LogP contribution is 2.30. The number of methoxy groups -OCH3 is 1. The lowest BCUT2D eigenvalue weighted by Gasteiger charge is -2.22. The van der Waals surface area contributed by atoms with Crippen LogP contribution in [0.2, 0.25) is 0 Å². The number of fused-ring (bicyclic) bond motifs is 1. The normalized spacial score (nSPS) is 13.4. The molecule has 2 atom stereocenters. The van der Waals surface area contributed by atoms with Crippen molar-refractivity contribution in [2.24, 2.45) is 10.9 Å². The number of hydrogen-bond acceptors (Lipinski definition) is 11. The first-order chi connectivity index (χ1) is 23.7. The summed E-state index contributed by atoms with van der Waals surface area (Å²) < 4.78 is 91.0. The number of amides is 1. The predicted octanol–water partition coefficient (Wildman–Crippen LogP) is 3.59. The second-order valence-electron chi connectivity index (χ2n) is 10.8. The lowest BCUT2D eigenvalue weighted by molar-refractivity contribution is -0.145. The molecule has 1 heterocycles. The van der Waals surface area contributed by atoms with Crippen molar-refractivity contribution in [1.29, 1.82) is 0 Å². The SMILES string of the molecule is COC(=O)C(Cc1ccc(C(F)(F)F)cc1)NC(=O)C(Cc1ccc(OCCF)cc1)N/C=C(\N)COc1ccc2nc(S(N)(=O)=O)sc2c1. The lowest BCUT2D eigenvalue weighted by Crippen LogP contribution is -2.51. The number of primary sulfonamides is 1. The number of carbonyl (C=O) groups is 2. The first-order valence-electron chi connectivity index (χ1n) is 14.7. The summed E-state index contributed by atoms with van der Waals surface area (Å²) >= 11 is 0.876. The molecule has 0 fully saturated rings. The summed E-state index contributed by atoms with van der Waals surface area (Å²) in [6.45, 7) is -0.938. The van der Waals surface area contributed by atoms with Crippen molar-refractivity contribution < 1.29 is 49.8 Å². The van der Waals surface area contributed by atoms with Gasteiger partial charge in [0.15, 0.2) is 0 Å². The fraction of sp³-hybridized carbons (Fsp3) is 0.281. The predicted molar refractivity (Wildman–Crippen MR) is 176 cm³/mol. The summed E-state index contributed by atoms with van der Waals surface area (Å²) in [5.41, 5.74) is 6.86. The van der Waals surface area contributed by atoms with Crippen LogP contribution in [0.1, 0.15) is 16.7 Å². The number of nitrogens with zero attached hydrogens (tertiary/aromatic N) is 1. The molecule has 0 aliphatic carbocycles. The molecule has 12 nitrogen and oxygen atoms in total. The van der Waals surface area contributed by atoms with Crippen LogP contribution in [0.15, 0.2) is 83.0 Å². The van der Waals surface area contributed by atoms with E-state index in [2.05, 4.69) is 15.6 Å². The molecule has 0 saturated carbocycles. The van der Waals surface area contributed by atoms with Gasteiger partial charge in [-0.3, -0.25) is 4.79 Å². The van der Waals surface area contributed by atoms with Crippen molar-refractivity contribution in [3.05, 3.63) is 95.3 Å². The van der Waals surface area contributed by atoms with Crippen molar-refractivity contribution >= 4 is 43.5 Å². The molecule has 0 radical (unpaired) electrons. The standard InChI is InChI=1S/C32H33F4N5O7S2/c1-46-30(43)27(15-19-2-6-21(7-3-19)32(34,35)36)40-29(42)26(14-20-4-8-23(9-5-20)47-13-12-33)39-17-22(37)18-48-24-10-11-25-28(16-24)49-31(41-25)50(38,44)45/h2-11,16-17,26-27,39H,12-15,18,37H2,1H3,(H,40,42)(H2,38,44,45)/b22-17-. The van der Waals surface area contributed by atoms with E-state index in [1.165, 1.54) is 18.3 Å². The van der Waals surface area contributed by atoms with Crippen molar-refractivity contribution in [3.63, 3.8) is 0 Å². The molecule has 4 rings (SSSR count). The molecule has 4 aromatic rings.